The van der Waals surface area contributed by atoms with Gasteiger partial charge in [0.15, 0.2) is 12.0 Å². The zero-order valence-corrected chi connectivity index (χ0v) is 17.3. The van der Waals surface area contributed by atoms with E-state index in [1.165, 1.54) is 0 Å². The first-order valence-electron chi connectivity index (χ1n) is 9.29. The highest BCUT2D eigenvalue weighted by atomic mass is 79.9. The zero-order valence-electron chi connectivity index (χ0n) is 15.7. The van der Waals surface area contributed by atoms with E-state index in [1.807, 2.05) is 43.0 Å². The van der Waals surface area contributed by atoms with Crippen LogP contribution >= 0.6 is 15.9 Å². The number of nitrogens with zero attached hydrogens (tertiary/aromatic N) is 4. The molecular weight excluding hydrogens is 412 g/mol. The second-order valence-electron chi connectivity index (χ2n) is 6.46. The normalized spacial score (nSPS) is 13.9. The van der Waals surface area contributed by atoms with Crippen LogP contribution in [0.4, 0.5) is 0 Å². The van der Waals surface area contributed by atoms with Crippen molar-refractivity contribution in [1.29, 1.82) is 0 Å². The standard InChI is InChI=1S/C19H25BrN4O3/c1-3-26-18(27-4-2)13-23-12-17(21-22-23)19(25)24(16-8-9-16)11-14-6-5-7-15(20)10-14/h5-7,10,12,16,18H,3-4,8-9,11,13H2,1-2H3. The summed E-state index contributed by atoms with van der Waals surface area (Å²) in [5, 5.41) is 8.16. The Morgan fingerprint density at radius 2 is 2.07 bits per heavy atom. The maximum atomic E-state index is 13.0. The Morgan fingerprint density at radius 3 is 2.70 bits per heavy atom. The molecule has 0 radical (unpaired) electrons. The van der Waals surface area contributed by atoms with Gasteiger partial charge in [-0.15, -0.1) is 5.10 Å². The second-order valence-corrected chi connectivity index (χ2v) is 7.38. The van der Waals surface area contributed by atoms with Crippen molar-refractivity contribution >= 4 is 21.8 Å². The maximum absolute atomic E-state index is 13.0. The molecule has 1 amide bonds. The number of hydrogen-bond donors (Lipinski definition) is 0. The number of ether oxygens (including phenoxy) is 2. The van der Waals surface area contributed by atoms with E-state index in [2.05, 4.69) is 26.2 Å². The monoisotopic (exact) mass is 436 g/mol. The predicted octanol–water partition coefficient (Wildman–Crippen LogP) is 3.24. The van der Waals surface area contributed by atoms with Gasteiger partial charge in [0.25, 0.3) is 5.91 Å². The van der Waals surface area contributed by atoms with Crippen LogP contribution in [0.5, 0.6) is 0 Å². The quantitative estimate of drug-likeness (QED) is 0.534. The van der Waals surface area contributed by atoms with E-state index < -0.39 is 6.29 Å². The topological polar surface area (TPSA) is 69.5 Å². The molecule has 0 bridgehead atoms. The second kappa shape index (κ2) is 9.43. The van der Waals surface area contributed by atoms with Crippen molar-refractivity contribution in [2.75, 3.05) is 13.2 Å². The minimum Gasteiger partial charge on any atom is -0.351 e. The van der Waals surface area contributed by atoms with E-state index in [-0.39, 0.29) is 11.9 Å². The van der Waals surface area contributed by atoms with Gasteiger partial charge < -0.3 is 14.4 Å². The van der Waals surface area contributed by atoms with Gasteiger partial charge in [-0.2, -0.15) is 0 Å². The van der Waals surface area contributed by atoms with Gasteiger partial charge in [-0.1, -0.05) is 33.3 Å². The largest absolute Gasteiger partial charge is 0.351 e. The molecule has 2 aromatic rings. The molecule has 0 aliphatic heterocycles. The van der Waals surface area contributed by atoms with Crippen molar-refractivity contribution in [3.8, 4) is 0 Å². The molecule has 0 spiro atoms. The molecule has 1 aliphatic rings. The number of rotatable bonds is 10. The highest BCUT2D eigenvalue weighted by molar-refractivity contribution is 9.10. The fraction of sp³-hybridized carbons (Fsp3) is 0.526. The van der Waals surface area contributed by atoms with Crippen LogP contribution in [0.3, 0.4) is 0 Å². The highest BCUT2D eigenvalue weighted by Crippen LogP contribution is 2.30. The van der Waals surface area contributed by atoms with Crippen LogP contribution in [0, 0.1) is 0 Å². The minimum atomic E-state index is -0.397. The van der Waals surface area contributed by atoms with Gasteiger partial charge in [-0.3, -0.25) is 4.79 Å². The average Bonchev–Trinajstić information content (AvgIpc) is 3.38. The van der Waals surface area contributed by atoms with Crippen molar-refractivity contribution in [3.63, 3.8) is 0 Å². The lowest BCUT2D eigenvalue weighted by Crippen LogP contribution is -2.33. The number of amides is 1. The zero-order chi connectivity index (χ0) is 19.2. The van der Waals surface area contributed by atoms with Crippen LogP contribution in [-0.2, 0) is 22.6 Å². The molecule has 0 atom stereocenters. The van der Waals surface area contributed by atoms with Crippen LogP contribution < -0.4 is 0 Å². The fourth-order valence-corrected chi connectivity index (χ4v) is 3.34. The number of hydrogen-bond acceptors (Lipinski definition) is 5. The van der Waals surface area contributed by atoms with Crippen molar-refractivity contribution in [1.82, 2.24) is 19.9 Å². The Bertz CT molecular complexity index is 757. The summed E-state index contributed by atoms with van der Waals surface area (Å²) in [4.78, 5) is 14.9. The van der Waals surface area contributed by atoms with Crippen LogP contribution in [-0.4, -0.2) is 51.3 Å². The Balaban J connectivity index is 1.69. The SMILES string of the molecule is CCOC(Cn1cc(C(=O)N(Cc2cccc(Br)c2)C2CC2)nn1)OCC. The van der Waals surface area contributed by atoms with Crippen LogP contribution in [0.1, 0.15) is 42.7 Å². The third-order valence-corrected chi connectivity index (χ3v) is 4.78. The smallest absolute Gasteiger partial charge is 0.276 e. The third-order valence-electron chi connectivity index (χ3n) is 4.29. The molecule has 7 nitrogen and oxygen atoms in total. The molecule has 27 heavy (non-hydrogen) atoms. The Morgan fingerprint density at radius 1 is 1.33 bits per heavy atom. The first kappa shape index (κ1) is 20.0. The van der Waals surface area contributed by atoms with Gasteiger partial charge in [-0.25, -0.2) is 4.68 Å². The molecule has 0 unspecified atom stereocenters. The van der Waals surface area contributed by atoms with Crippen LogP contribution in [0.2, 0.25) is 0 Å². The molecule has 3 rings (SSSR count). The first-order valence-corrected chi connectivity index (χ1v) is 10.1. The van der Waals surface area contributed by atoms with Gasteiger partial charge in [0.2, 0.25) is 0 Å². The molecule has 1 heterocycles. The summed E-state index contributed by atoms with van der Waals surface area (Å²) in [6, 6.07) is 8.30. The summed E-state index contributed by atoms with van der Waals surface area (Å²) >= 11 is 3.49. The molecular formula is C19H25BrN4O3. The number of halogens is 1. The molecule has 8 heteroatoms. The van der Waals surface area contributed by atoms with E-state index in [1.54, 1.807) is 10.9 Å². The summed E-state index contributed by atoms with van der Waals surface area (Å²) in [6.45, 7) is 5.89. The van der Waals surface area contributed by atoms with E-state index in [0.717, 1.165) is 22.9 Å². The van der Waals surface area contributed by atoms with E-state index in [4.69, 9.17) is 9.47 Å². The molecule has 1 aromatic carbocycles. The van der Waals surface area contributed by atoms with Gasteiger partial charge in [0.1, 0.15) is 0 Å². The third kappa shape index (κ3) is 5.60. The highest BCUT2D eigenvalue weighted by Gasteiger charge is 2.34. The molecule has 146 valence electrons. The summed E-state index contributed by atoms with van der Waals surface area (Å²) in [5.74, 6) is -0.0897. The van der Waals surface area contributed by atoms with Gasteiger partial charge in [0, 0.05) is 30.3 Å². The Hall–Kier alpha value is -1.77. The lowest BCUT2D eigenvalue weighted by molar-refractivity contribution is -0.145. The summed E-state index contributed by atoms with van der Waals surface area (Å²) in [5.41, 5.74) is 1.44. The maximum Gasteiger partial charge on any atom is 0.276 e. The van der Waals surface area contributed by atoms with Crippen molar-refractivity contribution in [2.24, 2.45) is 0 Å². The number of benzene rings is 1. The molecule has 0 N–H and O–H groups in total. The summed E-state index contributed by atoms with van der Waals surface area (Å²) in [6.07, 6.45) is 3.34. The molecule has 1 aliphatic carbocycles. The lowest BCUT2D eigenvalue weighted by atomic mass is 10.2. The Kier molecular flexibility index (Phi) is 6.98. The summed E-state index contributed by atoms with van der Waals surface area (Å²) in [7, 11) is 0. The van der Waals surface area contributed by atoms with E-state index in [0.29, 0.717) is 32.0 Å². The van der Waals surface area contributed by atoms with Crippen molar-refractivity contribution < 1.29 is 14.3 Å². The van der Waals surface area contributed by atoms with Gasteiger partial charge in [-0.05, 0) is 44.4 Å². The molecule has 1 saturated carbocycles. The van der Waals surface area contributed by atoms with Gasteiger partial charge >= 0.3 is 0 Å². The van der Waals surface area contributed by atoms with E-state index >= 15 is 0 Å². The minimum absolute atomic E-state index is 0.0897. The fourth-order valence-electron chi connectivity index (χ4n) is 2.90. The van der Waals surface area contributed by atoms with Crippen LogP contribution in [0.15, 0.2) is 34.9 Å². The number of carbonyl (C=O) groups is 1. The van der Waals surface area contributed by atoms with Gasteiger partial charge in [0.05, 0.1) is 12.7 Å². The van der Waals surface area contributed by atoms with Crippen LogP contribution in [0.25, 0.3) is 0 Å². The molecule has 1 aromatic heterocycles. The Labute approximate surface area is 167 Å². The van der Waals surface area contributed by atoms with E-state index in [9.17, 15) is 4.79 Å². The first-order chi connectivity index (χ1) is 13.1. The number of aromatic nitrogens is 3. The number of carbonyl (C=O) groups excluding carboxylic acids is 1. The lowest BCUT2D eigenvalue weighted by Gasteiger charge is -2.21. The van der Waals surface area contributed by atoms with Crippen molar-refractivity contribution in [3.05, 3.63) is 46.2 Å². The molecule has 1 fully saturated rings. The summed E-state index contributed by atoms with van der Waals surface area (Å²) < 4.78 is 13.7. The predicted molar refractivity (Wildman–Crippen MR) is 104 cm³/mol. The molecule has 0 saturated heterocycles. The average molecular weight is 437 g/mol. The van der Waals surface area contributed by atoms with Crippen molar-refractivity contribution in [2.45, 2.75) is 52.1 Å².